The van der Waals surface area contributed by atoms with Crippen LogP contribution in [0.15, 0.2) is 0 Å². The Balaban J connectivity index is 2.54. The van der Waals surface area contributed by atoms with Gasteiger partial charge in [-0.3, -0.25) is 9.59 Å². The van der Waals surface area contributed by atoms with Crippen LogP contribution in [0.2, 0.25) is 0 Å². The first kappa shape index (κ1) is 17.0. The predicted molar refractivity (Wildman–Crippen MR) is 79.2 cm³/mol. The predicted octanol–water partition coefficient (Wildman–Crippen LogP) is 2.86. The second kappa shape index (κ2) is 7.09. The van der Waals surface area contributed by atoms with Crippen molar-refractivity contribution < 1.29 is 14.3 Å². The van der Waals surface area contributed by atoms with Gasteiger partial charge in [0, 0.05) is 19.5 Å². The van der Waals surface area contributed by atoms with Gasteiger partial charge in [-0.2, -0.15) is 0 Å². The zero-order chi connectivity index (χ0) is 15.3. The summed E-state index contributed by atoms with van der Waals surface area (Å²) in [4.78, 5) is 26.0. The van der Waals surface area contributed by atoms with E-state index in [0.29, 0.717) is 25.5 Å². The van der Waals surface area contributed by atoms with Gasteiger partial charge in [-0.1, -0.05) is 27.7 Å². The van der Waals surface area contributed by atoms with Crippen molar-refractivity contribution in [1.29, 1.82) is 0 Å². The average molecular weight is 283 g/mol. The number of carbonyl (C=O) groups is 2. The molecule has 0 aromatic rings. The van der Waals surface area contributed by atoms with Crippen LogP contribution in [0.1, 0.15) is 53.9 Å². The van der Waals surface area contributed by atoms with Crippen LogP contribution in [0.3, 0.4) is 0 Å². The van der Waals surface area contributed by atoms with Crippen LogP contribution in [0, 0.1) is 17.3 Å². The molecule has 20 heavy (non-hydrogen) atoms. The van der Waals surface area contributed by atoms with Gasteiger partial charge in [-0.15, -0.1) is 0 Å². The van der Waals surface area contributed by atoms with Crippen molar-refractivity contribution in [2.24, 2.45) is 17.3 Å². The first-order chi connectivity index (χ1) is 9.25. The number of carbonyl (C=O) groups excluding carboxylic acids is 2. The fourth-order valence-electron chi connectivity index (χ4n) is 2.35. The Morgan fingerprint density at radius 2 is 2.00 bits per heavy atom. The first-order valence-corrected chi connectivity index (χ1v) is 7.70. The zero-order valence-electron chi connectivity index (χ0n) is 13.6. The number of amides is 1. The van der Waals surface area contributed by atoms with Crippen LogP contribution in [-0.4, -0.2) is 36.5 Å². The number of esters is 1. The summed E-state index contributed by atoms with van der Waals surface area (Å²) in [6, 6.07) is 0. The third-order valence-corrected chi connectivity index (χ3v) is 4.35. The van der Waals surface area contributed by atoms with E-state index in [-0.39, 0.29) is 23.2 Å². The van der Waals surface area contributed by atoms with Gasteiger partial charge in [0.2, 0.25) is 5.91 Å². The standard InChI is InChI=1S/C16H29NO3/c1-6-20-15(19)13-8-7-9-17(11-13)14(18)10-12(2)16(3,4)5/h12-13H,6-11H2,1-5H3/t12?,13-/m1/s1. The van der Waals surface area contributed by atoms with Crippen molar-refractivity contribution in [3.8, 4) is 0 Å². The van der Waals surface area contributed by atoms with Gasteiger partial charge in [-0.05, 0) is 31.1 Å². The summed E-state index contributed by atoms with van der Waals surface area (Å²) in [6.07, 6.45) is 2.27. The van der Waals surface area contributed by atoms with Gasteiger partial charge in [0.25, 0.3) is 0 Å². The molecule has 0 N–H and O–H groups in total. The minimum Gasteiger partial charge on any atom is -0.466 e. The molecule has 4 nitrogen and oxygen atoms in total. The second-order valence-corrected chi connectivity index (χ2v) is 6.90. The highest BCUT2D eigenvalue weighted by Gasteiger charge is 2.31. The quantitative estimate of drug-likeness (QED) is 0.745. The Bertz CT molecular complexity index is 346. The maximum atomic E-state index is 12.4. The summed E-state index contributed by atoms with van der Waals surface area (Å²) in [5.74, 6) is 0.200. The fraction of sp³-hybridized carbons (Fsp3) is 0.875. The molecule has 0 radical (unpaired) electrons. The van der Waals surface area contributed by atoms with Crippen LogP contribution in [0.4, 0.5) is 0 Å². The number of likely N-dealkylation sites (tertiary alicyclic amines) is 1. The number of ether oxygens (including phenoxy) is 1. The molecule has 1 saturated heterocycles. The molecule has 2 atom stereocenters. The minimum atomic E-state index is -0.158. The van der Waals surface area contributed by atoms with Crippen molar-refractivity contribution >= 4 is 11.9 Å². The molecule has 0 aromatic heterocycles. The van der Waals surface area contributed by atoms with Crippen molar-refractivity contribution in [1.82, 2.24) is 4.90 Å². The summed E-state index contributed by atoms with van der Waals surface area (Å²) < 4.78 is 5.07. The molecule has 1 unspecified atom stereocenters. The van der Waals surface area contributed by atoms with Gasteiger partial charge in [0.05, 0.1) is 12.5 Å². The average Bonchev–Trinajstić information content (AvgIpc) is 2.38. The Kier molecular flexibility index (Phi) is 6.03. The molecule has 1 aliphatic rings. The number of nitrogens with zero attached hydrogens (tertiary/aromatic N) is 1. The van der Waals surface area contributed by atoms with Crippen molar-refractivity contribution in [3.63, 3.8) is 0 Å². The number of hydrogen-bond acceptors (Lipinski definition) is 3. The van der Waals surface area contributed by atoms with Gasteiger partial charge in [-0.25, -0.2) is 0 Å². The first-order valence-electron chi connectivity index (χ1n) is 7.70. The summed E-state index contributed by atoms with van der Waals surface area (Å²) in [5, 5.41) is 0. The van der Waals surface area contributed by atoms with E-state index in [1.807, 2.05) is 11.8 Å². The van der Waals surface area contributed by atoms with E-state index in [1.165, 1.54) is 0 Å². The van der Waals surface area contributed by atoms with E-state index in [1.54, 1.807) is 0 Å². The third kappa shape index (κ3) is 4.80. The molecule has 4 heteroatoms. The SMILES string of the molecule is CCOC(=O)[C@@H]1CCCN(C(=O)CC(C)C(C)(C)C)C1. The Labute approximate surface area is 122 Å². The second-order valence-electron chi connectivity index (χ2n) is 6.90. The lowest BCUT2D eigenvalue weighted by Gasteiger charge is -2.34. The molecule has 0 saturated carbocycles. The molecule has 1 rings (SSSR count). The lowest BCUT2D eigenvalue weighted by atomic mass is 9.80. The van der Waals surface area contributed by atoms with Crippen LogP contribution in [0.5, 0.6) is 0 Å². The van der Waals surface area contributed by atoms with E-state index >= 15 is 0 Å². The normalized spacial score (nSPS) is 21.4. The maximum Gasteiger partial charge on any atom is 0.310 e. The van der Waals surface area contributed by atoms with E-state index in [2.05, 4.69) is 27.7 Å². The Morgan fingerprint density at radius 3 is 2.55 bits per heavy atom. The third-order valence-electron chi connectivity index (χ3n) is 4.35. The van der Waals surface area contributed by atoms with E-state index < -0.39 is 0 Å². The summed E-state index contributed by atoms with van der Waals surface area (Å²) in [5.41, 5.74) is 0.131. The molecule has 0 aromatic carbocycles. The van der Waals surface area contributed by atoms with Gasteiger partial charge < -0.3 is 9.64 Å². The number of piperidine rings is 1. The summed E-state index contributed by atoms with van der Waals surface area (Å²) >= 11 is 0. The van der Waals surface area contributed by atoms with E-state index in [0.717, 1.165) is 19.4 Å². The van der Waals surface area contributed by atoms with Crippen molar-refractivity contribution in [2.75, 3.05) is 19.7 Å². The van der Waals surface area contributed by atoms with Gasteiger partial charge >= 0.3 is 5.97 Å². The molecular weight excluding hydrogens is 254 g/mol. The molecular formula is C16H29NO3. The molecule has 0 spiro atoms. The summed E-state index contributed by atoms with van der Waals surface area (Å²) in [7, 11) is 0. The van der Waals surface area contributed by atoms with E-state index in [9.17, 15) is 9.59 Å². The fourth-order valence-corrected chi connectivity index (χ4v) is 2.35. The molecule has 0 bridgehead atoms. The van der Waals surface area contributed by atoms with Gasteiger partial charge in [0.1, 0.15) is 0 Å². The molecule has 1 amide bonds. The highest BCUT2D eigenvalue weighted by Crippen LogP contribution is 2.29. The molecule has 1 aliphatic heterocycles. The molecule has 0 aliphatic carbocycles. The van der Waals surface area contributed by atoms with Gasteiger partial charge in [0.15, 0.2) is 0 Å². The largest absolute Gasteiger partial charge is 0.466 e. The maximum absolute atomic E-state index is 12.4. The lowest BCUT2D eigenvalue weighted by Crippen LogP contribution is -2.43. The highest BCUT2D eigenvalue weighted by molar-refractivity contribution is 5.78. The highest BCUT2D eigenvalue weighted by atomic mass is 16.5. The Hall–Kier alpha value is -1.06. The number of rotatable bonds is 4. The van der Waals surface area contributed by atoms with Crippen molar-refractivity contribution in [3.05, 3.63) is 0 Å². The Morgan fingerprint density at radius 1 is 1.35 bits per heavy atom. The summed E-state index contributed by atoms with van der Waals surface area (Å²) in [6.45, 7) is 12.1. The zero-order valence-corrected chi connectivity index (χ0v) is 13.6. The van der Waals surface area contributed by atoms with Crippen LogP contribution in [-0.2, 0) is 14.3 Å². The van der Waals surface area contributed by atoms with Crippen LogP contribution >= 0.6 is 0 Å². The van der Waals surface area contributed by atoms with Crippen LogP contribution < -0.4 is 0 Å². The number of hydrogen-bond donors (Lipinski definition) is 0. The molecule has 1 heterocycles. The molecule has 1 fully saturated rings. The van der Waals surface area contributed by atoms with Crippen LogP contribution in [0.25, 0.3) is 0 Å². The molecule has 116 valence electrons. The monoisotopic (exact) mass is 283 g/mol. The van der Waals surface area contributed by atoms with Crippen molar-refractivity contribution in [2.45, 2.75) is 53.9 Å². The minimum absolute atomic E-state index is 0.131. The lowest BCUT2D eigenvalue weighted by molar-refractivity contribution is -0.151. The smallest absolute Gasteiger partial charge is 0.310 e. The topological polar surface area (TPSA) is 46.6 Å². The van der Waals surface area contributed by atoms with E-state index in [4.69, 9.17) is 4.74 Å².